The van der Waals surface area contributed by atoms with Crippen LogP contribution in [0.2, 0.25) is 0 Å². The number of Topliss-reactive ketones (excluding diaryl/α,β-unsaturated/α-hetero) is 1. The van der Waals surface area contributed by atoms with E-state index < -0.39 is 17.7 Å². The molecule has 0 aliphatic rings. The molecule has 1 unspecified atom stereocenters. The second-order valence-electron chi connectivity index (χ2n) is 5.02. The number of carbonyl (C=O) groups is 1. The quantitative estimate of drug-likeness (QED) is 0.788. The molecular formula is C17H16F2O2. The molecule has 0 amide bonds. The number of aryl methyl sites for hydroxylation is 2. The van der Waals surface area contributed by atoms with Crippen LogP contribution in [-0.2, 0) is 0 Å². The topological polar surface area (TPSA) is 26.3 Å². The van der Waals surface area contributed by atoms with Gasteiger partial charge >= 0.3 is 0 Å². The van der Waals surface area contributed by atoms with Gasteiger partial charge in [-0.25, -0.2) is 8.78 Å². The Labute approximate surface area is 122 Å². The van der Waals surface area contributed by atoms with Gasteiger partial charge in [-0.3, -0.25) is 4.79 Å². The van der Waals surface area contributed by atoms with Crippen LogP contribution in [0.15, 0.2) is 36.4 Å². The van der Waals surface area contributed by atoms with E-state index in [-0.39, 0.29) is 11.5 Å². The molecule has 0 spiro atoms. The molecule has 0 aliphatic carbocycles. The summed E-state index contributed by atoms with van der Waals surface area (Å²) in [6.07, 6.45) is -0.856. The van der Waals surface area contributed by atoms with E-state index in [0.717, 1.165) is 23.3 Å². The van der Waals surface area contributed by atoms with Crippen molar-refractivity contribution in [2.24, 2.45) is 0 Å². The van der Waals surface area contributed by atoms with Crippen LogP contribution in [-0.4, -0.2) is 11.9 Å². The smallest absolute Gasteiger partial charge is 0.203 e. The number of ether oxygens (including phenoxy) is 1. The van der Waals surface area contributed by atoms with Gasteiger partial charge in [0.2, 0.25) is 5.78 Å². The summed E-state index contributed by atoms with van der Waals surface area (Å²) in [5.74, 6) is -1.88. The van der Waals surface area contributed by atoms with Crippen molar-refractivity contribution < 1.29 is 18.3 Å². The van der Waals surface area contributed by atoms with E-state index in [9.17, 15) is 13.6 Å². The summed E-state index contributed by atoms with van der Waals surface area (Å²) >= 11 is 0. The summed E-state index contributed by atoms with van der Waals surface area (Å²) in [6, 6.07) is 8.54. The highest BCUT2D eigenvalue weighted by Gasteiger charge is 2.20. The molecular weight excluding hydrogens is 274 g/mol. The van der Waals surface area contributed by atoms with Crippen LogP contribution in [0.3, 0.4) is 0 Å². The predicted molar refractivity (Wildman–Crippen MR) is 76.7 cm³/mol. The summed E-state index contributed by atoms with van der Waals surface area (Å²) in [6.45, 7) is 5.27. The van der Waals surface area contributed by atoms with Gasteiger partial charge in [0.05, 0.1) is 0 Å². The van der Waals surface area contributed by atoms with Crippen LogP contribution in [0, 0.1) is 25.5 Å². The van der Waals surface area contributed by atoms with Gasteiger partial charge in [0, 0.05) is 11.6 Å². The minimum Gasteiger partial charge on any atom is -0.479 e. The van der Waals surface area contributed by atoms with E-state index in [1.165, 1.54) is 6.07 Å². The minimum atomic E-state index is -0.856. The van der Waals surface area contributed by atoms with Gasteiger partial charge in [0.25, 0.3) is 0 Å². The SMILES string of the molecule is Cc1ccc(C)c(C(=O)C(C)Oc2ccc(F)cc2F)c1. The summed E-state index contributed by atoms with van der Waals surface area (Å²) in [7, 11) is 0. The lowest BCUT2D eigenvalue weighted by molar-refractivity contribution is 0.0811. The fourth-order valence-corrected chi connectivity index (χ4v) is 2.04. The molecule has 0 radical (unpaired) electrons. The first-order valence-electron chi connectivity index (χ1n) is 6.61. The van der Waals surface area contributed by atoms with E-state index in [1.54, 1.807) is 13.0 Å². The second-order valence-corrected chi connectivity index (χ2v) is 5.02. The lowest BCUT2D eigenvalue weighted by Crippen LogP contribution is -2.25. The zero-order valence-electron chi connectivity index (χ0n) is 12.1. The van der Waals surface area contributed by atoms with Crippen molar-refractivity contribution in [1.82, 2.24) is 0 Å². The number of halogens is 2. The molecule has 0 saturated carbocycles. The summed E-state index contributed by atoms with van der Waals surface area (Å²) < 4.78 is 31.7. The Bertz CT molecular complexity index is 680. The van der Waals surface area contributed by atoms with Crippen LogP contribution in [0.5, 0.6) is 5.75 Å². The molecule has 2 nitrogen and oxygen atoms in total. The molecule has 110 valence electrons. The van der Waals surface area contributed by atoms with Crippen molar-refractivity contribution in [1.29, 1.82) is 0 Å². The van der Waals surface area contributed by atoms with Crippen molar-refractivity contribution in [3.05, 3.63) is 64.7 Å². The molecule has 2 rings (SSSR count). The number of carbonyl (C=O) groups excluding carboxylic acids is 1. The lowest BCUT2D eigenvalue weighted by atomic mass is 9.99. The fraction of sp³-hybridized carbons (Fsp3) is 0.235. The van der Waals surface area contributed by atoms with Crippen molar-refractivity contribution in [2.45, 2.75) is 26.9 Å². The maximum Gasteiger partial charge on any atom is 0.203 e. The van der Waals surface area contributed by atoms with Crippen LogP contribution < -0.4 is 4.74 Å². The van der Waals surface area contributed by atoms with Crippen LogP contribution in [0.25, 0.3) is 0 Å². The Morgan fingerprint density at radius 1 is 1.10 bits per heavy atom. The molecule has 0 heterocycles. The first-order chi connectivity index (χ1) is 9.88. The average molecular weight is 290 g/mol. The largest absolute Gasteiger partial charge is 0.479 e. The predicted octanol–water partition coefficient (Wildman–Crippen LogP) is 4.23. The molecule has 0 bridgehead atoms. The zero-order valence-corrected chi connectivity index (χ0v) is 12.1. The summed E-state index contributed by atoms with van der Waals surface area (Å²) in [4.78, 5) is 12.4. The molecule has 2 aromatic carbocycles. The first-order valence-corrected chi connectivity index (χ1v) is 6.61. The van der Waals surface area contributed by atoms with E-state index in [0.29, 0.717) is 5.56 Å². The molecule has 0 fully saturated rings. The van der Waals surface area contributed by atoms with Gasteiger partial charge in [0.1, 0.15) is 5.82 Å². The van der Waals surface area contributed by atoms with E-state index in [1.807, 2.05) is 26.0 Å². The Morgan fingerprint density at radius 2 is 1.81 bits per heavy atom. The van der Waals surface area contributed by atoms with Crippen molar-refractivity contribution in [3.63, 3.8) is 0 Å². The molecule has 2 aromatic rings. The van der Waals surface area contributed by atoms with Gasteiger partial charge < -0.3 is 4.74 Å². The van der Waals surface area contributed by atoms with Gasteiger partial charge in [-0.2, -0.15) is 0 Å². The molecule has 1 atom stereocenters. The van der Waals surface area contributed by atoms with Crippen molar-refractivity contribution in [3.8, 4) is 5.75 Å². The number of ketones is 1. The normalized spacial score (nSPS) is 12.0. The number of hydrogen-bond donors (Lipinski definition) is 0. The molecule has 0 N–H and O–H groups in total. The summed E-state index contributed by atoms with van der Waals surface area (Å²) in [5, 5.41) is 0. The lowest BCUT2D eigenvalue weighted by Gasteiger charge is -2.15. The Morgan fingerprint density at radius 3 is 2.48 bits per heavy atom. The second kappa shape index (κ2) is 6.04. The van der Waals surface area contributed by atoms with Crippen LogP contribution in [0.4, 0.5) is 8.78 Å². The molecule has 0 aromatic heterocycles. The van der Waals surface area contributed by atoms with Gasteiger partial charge in [-0.15, -0.1) is 0 Å². The highest BCUT2D eigenvalue weighted by Crippen LogP contribution is 2.21. The number of benzene rings is 2. The van der Waals surface area contributed by atoms with E-state index in [4.69, 9.17) is 4.74 Å². The average Bonchev–Trinajstić information content (AvgIpc) is 2.43. The van der Waals surface area contributed by atoms with E-state index >= 15 is 0 Å². The zero-order chi connectivity index (χ0) is 15.6. The van der Waals surface area contributed by atoms with Gasteiger partial charge in [-0.1, -0.05) is 17.7 Å². The summed E-state index contributed by atoms with van der Waals surface area (Å²) in [5.41, 5.74) is 2.34. The number of rotatable bonds is 4. The molecule has 0 saturated heterocycles. The Kier molecular flexibility index (Phi) is 4.36. The number of hydrogen-bond acceptors (Lipinski definition) is 2. The maximum atomic E-state index is 13.5. The van der Waals surface area contributed by atoms with Crippen LogP contribution >= 0.6 is 0 Å². The fourth-order valence-electron chi connectivity index (χ4n) is 2.04. The third kappa shape index (κ3) is 3.45. The third-order valence-electron chi connectivity index (χ3n) is 3.23. The Balaban J connectivity index is 2.21. The highest BCUT2D eigenvalue weighted by molar-refractivity contribution is 6.00. The monoisotopic (exact) mass is 290 g/mol. The standard InChI is InChI=1S/C17H16F2O2/c1-10-4-5-11(2)14(8-10)17(20)12(3)21-16-7-6-13(18)9-15(16)19/h4-9,12H,1-3H3. The third-order valence-corrected chi connectivity index (χ3v) is 3.23. The van der Waals surface area contributed by atoms with Crippen LogP contribution in [0.1, 0.15) is 28.4 Å². The minimum absolute atomic E-state index is 0.137. The van der Waals surface area contributed by atoms with E-state index in [2.05, 4.69) is 0 Å². The van der Waals surface area contributed by atoms with Gasteiger partial charge in [-0.05, 0) is 44.5 Å². The Hall–Kier alpha value is -2.23. The first kappa shape index (κ1) is 15.2. The molecule has 4 heteroatoms. The maximum absolute atomic E-state index is 13.5. The highest BCUT2D eigenvalue weighted by atomic mass is 19.1. The molecule has 0 aliphatic heterocycles. The molecule has 21 heavy (non-hydrogen) atoms. The van der Waals surface area contributed by atoms with Crippen molar-refractivity contribution in [2.75, 3.05) is 0 Å². The van der Waals surface area contributed by atoms with Crippen molar-refractivity contribution >= 4 is 5.78 Å². The van der Waals surface area contributed by atoms with Gasteiger partial charge in [0.15, 0.2) is 17.7 Å².